The number of fused-ring (bicyclic) bond motifs is 1. The first kappa shape index (κ1) is 12.3. The highest BCUT2D eigenvalue weighted by Gasteiger charge is 2.15. The molecule has 0 saturated heterocycles. The quantitative estimate of drug-likeness (QED) is 0.547. The molecule has 0 unspecified atom stereocenters. The van der Waals surface area contributed by atoms with Gasteiger partial charge in [-0.05, 0) is 24.6 Å². The molecule has 0 radical (unpaired) electrons. The summed E-state index contributed by atoms with van der Waals surface area (Å²) in [7, 11) is 0. The van der Waals surface area contributed by atoms with Crippen molar-refractivity contribution in [3.05, 3.63) is 66.7 Å². The summed E-state index contributed by atoms with van der Waals surface area (Å²) in [5.41, 5.74) is 4.84. The molecule has 0 aliphatic rings. The number of hydrogen-bond donors (Lipinski definition) is 0. The number of aromatic nitrogens is 3. The normalized spacial score (nSPS) is 11.1. The summed E-state index contributed by atoms with van der Waals surface area (Å²) in [6.45, 7) is 2.11. The molecular formula is C17H13N3S. The van der Waals surface area contributed by atoms with Crippen LogP contribution in [0.3, 0.4) is 0 Å². The molecule has 3 heterocycles. The zero-order valence-corrected chi connectivity index (χ0v) is 12.3. The van der Waals surface area contributed by atoms with E-state index in [2.05, 4.69) is 45.6 Å². The van der Waals surface area contributed by atoms with E-state index in [4.69, 9.17) is 0 Å². The van der Waals surface area contributed by atoms with Gasteiger partial charge in [0.25, 0.3) is 0 Å². The van der Waals surface area contributed by atoms with Gasteiger partial charge in [0.1, 0.15) is 0 Å². The van der Waals surface area contributed by atoms with Crippen molar-refractivity contribution in [2.45, 2.75) is 6.92 Å². The Hall–Kier alpha value is -2.46. The number of nitrogens with zero attached hydrogens (tertiary/aromatic N) is 3. The Kier molecular flexibility index (Phi) is 2.82. The van der Waals surface area contributed by atoms with Crippen LogP contribution in [0.15, 0.2) is 61.2 Å². The average molecular weight is 291 g/mol. The lowest BCUT2D eigenvalue weighted by atomic mass is 10.1. The zero-order chi connectivity index (χ0) is 14.2. The molecule has 3 nitrogen and oxygen atoms in total. The fourth-order valence-corrected chi connectivity index (χ4v) is 3.58. The monoisotopic (exact) mass is 291 g/mol. The summed E-state index contributed by atoms with van der Waals surface area (Å²) in [5.74, 6) is 0. The predicted molar refractivity (Wildman–Crippen MR) is 86.5 cm³/mol. The summed E-state index contributed by atoms with van der Waals surface area (Å²) in [5, 5.41) is 0. The van der Waals surface area contributed by atoms with Gasteiger partial charge in [-0.25, -0.2) is 4.98 Å². The second kappa shape index (κ2) is 4.82. The van der Waals surface area contributed by atoms with E-state index in [9.17, 15) is 0 Å². The number of benzene rings is 1. The number of thiazole rings is 1. The number of pyridine rings is 1. The van der Waals surface area contributed by atoms with Crippen molar-refractivity contribution < 1.29 is 0 Å². The van der Waals surface area contributed by atoms with Crippen LogP contribution in [0.5, 0.6) is 0 Å². The molecule has 0 atom stereocenters. The van der Waals surface area contributed by atoms with Crippen molar-refractivity contribution in [2.75, 3.05) is 0 Å². The molecule has 0 amide bonds. The summed E-state index contributed by atoms with van der Waals surface area (Å²) >= 11 is 1.71. The van der Waals surface area contributed by atoms with E-state index < -0.39 is 0 Å². The van der Waals surface area contributed by atoms with E-state index in [1.807, 2.05) is 36.9 Å². The standard InChI is InChI=1S/C17H13N3S/c1-12-2-4-13(5-3-12)15-16(14-6-8-18-9-7-14)21-17-19-10-11-20(15)17/h2-11H,1H3. The van der Waals surface area contributed by atoms with Gasteiger partial charge in [-0.3, -0.25) is 9.38 Å². The number of imidazole rings is 1. The van der Waals surface area contributed by atoms with Crippen LogP contribution in [-0.4, -0.2) is 14.4 Å². The van der Waals surface area contributed by atoms with Crippen molar-refractivity contribution in [3.63, 3.8) is 0 Å². The molecule has 0 aliphatic carbocycles. The first-order valence-corrected chi connectivity index (χ1v) is 7.58. The number of aryl methyl sites for hydroxylation is 1. The molecule has 102 valence electrons. The SMILES string of the molecule is Cc1ccc(-c2c(-c3ccncc3)sc3nccn23)cc1. The second-order valence-corrected chi connectivity index (χ2v) is 5.94. The van der Waals surface area contributed by atoms with E-state index in [1.165, 1.54) is 27.3 Å². The number of rotatable bonds is 2. The number of hydrogen-bond acceptors (Lipinski definition) is 3. The van der Waals surface area contributed by atoms with Crippen LogP contribution in [0.2, 0.25) is 0 Å². The molecule has 0 saturated carbocycles. The largest absolute Gasteiger partial charge is 0.290 e. The van der Waals surface area contributed by atoms with Crippen LogP contribution in [-0.2, 0) is 0 Å². The summed E-state index contributed by atoms with van der Waals surface area (Å²) < 4.78 is 2.16. The lowest BCUT2D eigenvalue weighted by Gasteiger charge is -2.05. The van der Waals surface area contributed by atoms with Crippen LogP contribution < -0.4 is 0 Å². The smallest absolute Gasteiger partial charge is 0.194 e. The topological polar surface area (TPSA) is 30.2 Å². The lowest BCUT2D eigenvalue weighted by Crippen LogP contribution is -1.87. The van der Waals surface area contributed by atoms with Crippen LogP contribution >= 0.6 is 11.3 Å². The van der Waals surface area contributed by atoms with Gasteiger partial charge in [0, 0.05) is 30.4 Å². The molecule has 0 bridgehead atoms. The molecule has 4 rings (SSSR count). The predicted octanol–water partition coefficient (Wildman–Crippen LogP) is 4.43. The average Bonchev–Trinajstić information content (AvgIpc) is 3.10. The van der Waals surface area contributed by atoms with Gasteiger partial charge in [0.2, 0.25) is 0 Å². The van der Waals surface area contributed by atoms with Gasteiger partial charge in [-0.1, -0.05) is 41.2 Å². The van der Waals surface area contributed by atoms with Crippen LogP contribution in [0, 0.1) is 6.92 Å². The van der Waals surface area contributed by atoms with Gasteiger partial charge in [-0.2, -0.15) is 0 Å². The highest BCUT2D eigenvalue weighted by atomic mass is 32.1. The van der Waals surface area contributed by atoms with Gasteiger partial charge in [0.05, 0.1) is 10.6 Å². The van der Waals surface area contributed by atoms with Crippen LogP contribution in [0.25, 0.3) is 26.7 Å². The van der Waals surface area contributed by atoms with Crippen molar-refractivity contribution in [3.8, 4) is 21.7 Å². The summed E-state index contributed by atoms with van der Waals surface area (Å²) in [4.78, 5) is 10.8. The molecule has 0 N–H and O–H groups in total. The third kappa shape index (κ3) is 2.04. The van der Waals surface area contributed by atoms with Crippen molar-refractivity contribution >= 4 is 16.3 Å². The van der Waals surface area contributed by atoms with Crippen LogP contribution in [0.1, 0.15) is 5.56 Å². The Balaban J connectivity index is 2.01. The molecule has 4 heteroatoms. The first-order valence-electron chi connectivity index (χ1n) is 6.76. The van der Waals surface area contributed by atoms with Gasteiger partial charge in [0.15, 0.2) is 4.96 Å². The van der Waals surface area contributed by atoms with Gasteiger partial charge < -0.3 is 0 Å². The molecule has 21 heavy (non-hydrogen) atoms. The van der Waals surface area contributed by atoms with Gasteiger partial charge in [-0.15, -0.1) is 0 Å². The lowest BCUT2D eigenvalue weighted by molar-refractivity contribution is 1.23. The third-order valence-electron chi connectivity index (χ3n) is 3.52. The minimum absolute atomic E-state index is 1.01. The zero-order valence-electron chi connectivity index (χ0n) is 11.5. The summed E-state index contributed by atoms with van der Waals surface area (Å²) in [6.07, 6.45) is 7.53. The molecule has 0 spiro atoms. The molecule has 3 aromatic heterocycles. The van der Waals surface area contributed by atoms with E-state index in [0.717, 1.165) is 4.96 Å². The fraction of sp³-hybridized carbons (Fsp3) is 0.0588. The van der Waals surface area contributed by atoms with Crippen LogP contribution in [0.4, 0.5) is 0 Å². The Morgan fingerprint density at radius 1 is 0.905 bits per heavy atom. The maximum atomic E-state index is 4.43. The Morgan fingerprint density at radius 2 is 1.67 bits per heavy atom. The third-order valence-corrected chi connectivity index (χ3v) is 4.64. The minimum Gasteiger partial charge on any atom is -0.290 e. The minimum atomic E-state index is 1.01. The van der Waals surface area contributed by atoms with E-state index in [1.54, 1.807) is 11.3 Å². The molecule has 0 aliphatic heterocycles. The van der Waals surface area contributed by atoms with E-state index >= 15 is 0 Å². The fourth-order valence-electron chi connectivity index (χ4n) is 2.46. The molecular weight excluding hydrogens is 278 g/mol. The van der Waals surface area contributed by atoms with E-state index in [0.29, 0.717) is 0 Å². The van der Waals surface area contributed by atoms with Crippen molar-refractivity contribution in [2.24, 2.45) is 0 Å². The Morgan fingerprint density at radius 3 is 2.43 bits per heavy atom. The molecule has 0 fully saturated rings. The maximum absolute atomic E-state index is 4.43. The highest BCUT2D eigenvalue weighted by Crippen LogP contribution is 2.38. The highest BCUT2D eigenvalue weighted by molar-refractivity contribution is 7.20. The first-order chi connectivity index (χ1) is 10.3. The van der Waals surface area contributed by atoms with Crippen molar-refractivity contribution in [1.29, 1.82) is 0 Å². The Labute approximate surface area is 126 Å². The van der Waals surface area contributed by atoms with Crippen molar-refractivity contribution in [1.82, 2.24) is 14.4 Å². The second-order valence-electron chi connectivity index (χ2n) is 4.96. The molecule has 4 aromatic rings. The van der Waals surface area contributed by atoms with E-state index in [-0.39, 0.29) is 0 Å². The Bertz CT molecular complexity index is 889. The maximum Gasteiger partial charge on any atom is 0.194 e. The van der Waals surface area contributed by atoms with Gasteiger partial charge >= 0.3 is 0 Å². The summed E-state index contributed by atoms with van der Waals surface area (Å²) in [6, 6.07) is 12.7. The molecule has 1 aromatic carbocycles.